The highest BCUT2D eigenvalue weighted by molar-refractivity contribution is 9.10. The molecule has 29 heavy (non-hydrogen) atoms. The van der Waals surface area contributed by atoms with E-state index in [1.54, 1.807) is 0 Å². The molecule has 7 heteroatoms. The largest absolute Gasteiger partial charge is 0.456 e. The van der Waals surface area contributed by atoms with Crippen molar-refractivity contribution in [2.45, 2.75) is 40.5 Å². The first-order valence-electron chi connectivity index (χ1n) is 9.25. The van der Waals surface area contributed by atoms with Gasteiger partial charge < -0.3 is 15.4 Å². The molecule has 2 aromatic carbocycles. The van der Waals surface area contributed by atoms with Gasteiger partial charge in [0, 0.05) is 22.3 Å². The summed E-state index contributed by atoms with van der Waals surface area (Å²) < 4.78 is 5.93. The predicted octanol–water partition coefficient (Wildman–Crippen LogP) is 4.58. The average molecular weight is 461 g/mol. The van der Waals surface area contributed by atoms with Crippen LogP contribution < -0.4 is 10.6 Å². The number of carbonyl (C=O) groups excluding carboxylic acids is 3. The number of nitrogens with one attached hydrogen (secondary N) is 2. The number of hydrogen-bond donors (Lipinski definition) is 2. The highest BCUT2D eigenvalue weighted by Gasteiger charge is 2.13. The lowest BCUT2D eigenvalue weighted by Crippen LogP contribution is -2.22. The van der Waals surface area contributed by atoms with Crippen molar-refractivity contribution in [3.63, 3.8) is 0 Å². The van der Waals surface area contributed by atoms with Gasteiger partial charge in [0.2, 0.25) is 5.91 Å². The lowest BCUT2D eigenvalue weighted by Gasteiger charge is -2.11. The second kappa shape index (κ2) is 10.2. The number of rotatable bonds is 7. The third kappa shape index (κ3) is 7.02. The molecule has 0 spiro atoms. The van der Waals surface area contributed by atoms with Crippen molar-refractivity contribution < 1.29 is 19.1 Å². The van der Waals surface area contributed by atoms with Gasteiger partial charge >= 0.3 is 5.97 Å². The van der Waals surface area contributed by atoms with E-state index in [1.165, 1.54) is 0 Å². The highest BCUT2D eigenvalue weighted by Crippen LogP contribution is 2.24. The molecule has 0 aliphatic carbocycles. The minimum atomic E-state index is -0.597. The van der Waals surface area contributed by atoms with E-state index < -0.39 is 18.5 Å². The average Bonchev–Trinajstić information content (AvgIpc) is 2.65. The number of anilines is 2. The molecule has 0 unspecified atom stereocenters. The number of carbonyl (C=O) groups is 3. The quantitative estimate of drug-likeness (QED) is 0.591. The molecular formula is C22H25BrN2O4. The van der Waals surface area contributed by atoms with Crippen molar-refractivity contribution in [3.05, 3.63) is 57.1 Å². The van der Waals surface area contributed by atoms with E-state index in [1.807, 2.05) is 58.0 Å². The zero-order valence-corrected chi connectivity index (χ0v) is 18.6. The van der Waals surface area contributed by atoms with Crippen LogP contribution in [0.2, 0.25) is 0 Å². The summed E-state index contributed by atoms with van der Waals surface area (Å²) in [5.41, 5.74) is 5.25. The number of esters is 1. The number of aryl methyl sites for hydroxylation is 4. The van der Waals surface area contributed by atoms with Crippen molar-refractivity contribution in [1.82, 2.24) is 0 Å². The zero-order chi connectivity index (χ0) is 21.6. The number of ether oxygens (including phenoxy) is 1. The van der Waals surface area contributed by atoms with E-state index in [2.05, 4.69) is 26.6 Å². The van der Waals surface area contributed by atoms with Gasteiger partial charge in [0.05, 0.1) is 6.42 Å². The minimum Gasteiger partial charge on any atom is -0.456 e. The molecule has 154 valence electrons. The summed E-state index contributed by atoms with van der Waals surface area (Å²) in [6, 6.07) is 9.51. The van der Waals surface area contributed by atoms with Gasteiger partial charge in [-0.15, -0.1) is 0 Å². The molecule has 2 N–H and O–H groups in total. The molecule has 0 bridgehead atoms. The van der Waals surface area contributed by atoms with Crippen LogP contribution in [0.15, 0.2) is 34.8 Å². The van der Waals surface area contributed by atoms with Gasteiger partial charge in [-0.05, 0) is 68.1 Å². The summed E-state index contributed by atoms with van der Waals surface area (Å²) in [5, 5.41) is 5.52. The van der Waals surface area contributed by atoms with E-state index in [0.717, 1.165) is 32.4 Å². The van der Waals surface area contributed by atoms with Gasteiger partial charge in [-0.3, -0.25) is 14.4 Å². The summed E-state index contributed by atoms with van der Waals surface area (Å²) in [5.74, 6) is -1.30. The van der Waals surface area contributed by atoms with Crippen molar-refractivity contribution in [1.29, 1.82) is 0 Å². The molecule has 2 amide bonds. The van der Waals surface area contributed by atoms with Crippen LogP contribution in [0.1, 0.15) is 35.1 Å². The molecule has 0 atom stereocenters. The standard InChI is InChI=1S/C22H25BrN2O4/c1-13-5-6-14(2)18(9-13)24-20(26)7-8-22(28)29-12-21(27)25-19-11-15(3)17(23)10-16(19)4/h5-6,9-11H,7-8,12H2,1-4H3,(H,24,26)(H,25,27). The maximum absolute atomic E-state index is 12.1. The molecule has 0 aliphatic rings. The fourth-order valence-corrected chi connectivity index (χ4v) is 3.08. The molecule has 6 nitrogen and oxygen atoms in total. The van der Waals surface area contributed by atoms with Gasteiger partial charge in [-0.2, -0.15) is 0 Å². The molecule has 2 aromatic rings. The van der Waals surface area contributed by atoms with Gasteiger partial charge in [-0.1, -0.05) is 28.1 Å². The van der Waals surface area contributed by atoms with Crippen molar-refractivity contribution in [2.24, 2.45) is 0 Å². The molecular weight excluding hydrogens is 436 g/mol. The molecule has 2 rings (SSSR count). The zero-order valence-electron chi connectivity index (χ0n) is 17.0. The Balaban J connectivity index is 1.76. The number of halogens is 1. The third-order valence-electron chi connectivity index (χ3n) is 4.37. The van der Waals surface area contributed by atoms with Crippen LogP contribution in [0.5, 0.6) is 0 Å². The third-order valence-corrected chi connectivity index (χ3v) is 5.22. The van der Waals surface area contributed by atoms with Crippen LogP contribution >= 0.6 is 15.9 Å². The van der Waals surface area contributed by atoms with Crippen LogP contribution in [-0.4, -0.2) is 24.4 Å². The Labute approximate surface area is 179 Å². The van der Waals surface area contributed by atoms with Crippen LogP contribution in [0, 0.1) is 27.7 Å². The Morgan fingerprint density at radius 1 is 0.828 bits per heavy atom. The summed E-state index contributed by atoms with van der Waals surface area (Å²) in [6.45, 7) is 7.24. The Bertz CT molecular complexity index is 941. The summed E-state index contributed by atoms with van der Waals surface area (Å²) in [4.78, 5) is 35.9. The topological polar surface area (TPSA) is 84.5 Å². The number of hydrogen-bond acceptors (Lipinski definition) is 4. The van der Waals surface area contributed by atoms with Gasteiger partial charge in [0.1, 0.15) is 0 Å². The van der Waals surface area contributed by atoms with E-state index >= 15 is 0 Å². The highest BCUT2D eigenvalue weighted by atomic mass is 79.9. The lowest BCUT2D eigenvalue weighted by atomic mass is 10.1. The summed E-state index contributed by atoms with van der Waals surface area (Å²) >= 11 is 3.44. The van der Waals surface area contributed by atoms with Gasteiger partial charge in [0.25, 0.3) is 5.91 Å². The SMILES string of the molecule is Cc1ccc(C)c(NC(=O)CCC(=O)OCC(=O)Nc2cc(C)c(Br)cc2C)c1. The Kier molecular flexibility index (Phi) is 7.96. The monoisotopic (exact) mass is 460 g/mol. The first kappa shape index (κ1) is 22.6. The smallest absolute Gasteiger partial charge is 0.306 e. The Morgan fingerprint density at radius 3 is 2.21 bits per heavy atom. The molecule has 0 saturated carbocycles. The fourth-order valence-electron chi connectivity index (χ4n) is 2.62. The van der Waals surface area contributed by atoms with Crippen molar-refractivity contribution >= 4 is 45.1 Å². The van der Waals surface area contributed by atoms with E-state index in [4.69, 9.17) is 4.74 Å². The van der Waals surface area contributed by atoms with Crippen LogP contribution in [0.4, 0.5) is 11.4 Å². The summed E-state index contributed by atoms with van der Waals surface area (Å²) in [7, 11) is 0. The van der Waals surface area contributed by atoms with Crippen molar-refractivity contribution in [2.75, 3.05) is 17.2 Å². The van der Waals surface area contributed by atoms with E-state index in [0.29, 0.717) is 5.69 Å². The summed E-state index contributed by atoms with van der Waals surface area (Å²) in [6.07, 6.45) is -0.112. The number of benzene rings is 2. The Morgan fingerprint density at radius 2 is 1.48 bits per heavy atom. The first-order valence-corrected chi connectivity index (χ1v) is 10.0. The van der Waals surface area contributed by atoms with Crippen molar-refractivity contribution in [3.8, 4) is 0 Å². The fraction of sp³-hybridized carbons (Fsp3) is 0.318. The number of amides is 2. The maximum Gasteiger partial charge on any atom is 0.306 e. The predicted molar refractivity (Wildman–Crippen MR) is 117 cm³/mol. The molecule has 0 aromatic heterocycles. The molecule has 0 fully saturated rings. The maximum atomic E-state index is 12.1. The van der Waals surface area contributed by atoms with Gasteiger partial charge in [-0.25, -0.2) is 0 Å². The molecule has 0 aliphatic heterocycles. The minimum absolute atomic E-state index is 0.0150. The van der Waals surface area contributed by atoms with Crippen LogP contribution in [-0.2, 0) is 19.1 Å². The normalized spacial score (nSPS) is 10.4. The second-order valence-corrected chi connectivity index (χ2v) is 7.85. The lowest BCUT2D eigenvalue weighted by molar-refractivity contribution is -0.147. The van der Waals surface area contributed by atoms with E-state index in [9.17, 15) is 14.4 Å². The molecule has 0 heterocycles. The molecule has 0 saturated heterocycles. The Hall–Kier alpha value is -2.67. The van der Waals surface area contributed by atoms with Gasteiger partial charge in [0.15, 0.2) is 6.61 Å². The molecule has 0 radical (unpaired) electrons. The second-order valence-electron chi connectivity index (χ2n) is 6.99. The van der Waals surface area contributed by atoms with Crippen LogP contribution in [0.25, 0.3) is 0 Å². The first-order chi connectivity index (χ1) is 13.7. The van der Waals surface area contributed by atoms with E-state index in [-0.39, 0.29) is 18.7 Å². The van der Waals surface area contributed by atoms with Crippen LogP contribution in [0.3, 0.4) is 0 Å².